The third kappa shape index (κ3) is 19.5. The van der Waals surface area contributed by atoms with Crippen molar-refractivity contribution in [2.75, 3.05) is 0 Å². The van der Waals surface area contributed by atoms with E-state index < -0.39 is 22.2 Å². The summed E-state index contributed by atoms with van der Waals surface area (Å²) < 4.78 is 7.14. The second kappa shape index (κ2) is 34.2. The molecule has 5 aromatic carbocycles. The Bertz CT molecular complexity index is 4530. The van der Waals surface area contributed by atoms with Gasteiger partial charge < -0.3 is 0 Å². The Labute approximate surface area is 585 Å². The molecule has 0 amide bonds. The molecule has 0 saturated heterocycles. The van der Waals surface area contributed by atoms with Crippen LogP contribution in [0.2, 0.25) is 15.1 Å². The molecule has 0 N–H and O–H groups in total. The molecule has 0 unspecified atom stereocenters. The summed E-state index contributed by atoms with van der Waals surface area (Å²) in [5, 5.41) is 14.2. The first-order valence-electron chi connectivity index (χ1n) is 29.4. The molecular formula is C67H63Cl6N9O11S2. The number of thiol groups is 1. The van der Waals surface area contributed by atoms with Crippen LogP contribution in [0.3, 0.4) is 0 Å². The summed E-state index contributed by atoms with van der Waals surface area (Å²) in [6.07, 6.45) is 4.14. The first kappa shape index (κ1) is 74.6. The maximum atomic E-state index is 13.6. The largest absolute Gasteiger partial charge is 0.345 e. The average Bonchev–Trinajstić information content (AvgIpc) is 1.25. The fourth-order valence-electron chi connectivity index (χ4n) is 10.3. The molecule has 496 valence electrons. The molecule has 3 aliphatic carbocycles. The molecular weight excluding hydrogens is 1380 g/mol. The van der Waals surface area contributed by atoms with Crippen molar-refractivity contribution >= 4 is 139 Å². The van der Waals surface area contributed by atoms with Gasteiger partial charge in [0.2, 0.25) is 0 Å². The zero-order valence-corrected chi connectivity index (χ0v) is 58.4. The molecule has 0 aliphatic heterocycles. The van der Waals surface area contributed by atoms with Gasteiger partial charge in [-0.2, -0.15) is 15.3 Å². The van der Waals surface area contributed by atoms with Gasteiger partial charge in [-0.1, -0.05) is 94.6 Å². The van der Waals surface area contributed by atoms with Crippen molar-refractivity contribution < 1.29 is 38.4 Å². The number of benzene rings is 5. The smallest absolute Gasteiger partial charge is 0.298 e. The first-order chi connectivity index (χ1) is 45.1. The highest BCUT2D eigenvalue weighted by molar-refractivity contribution is 8.03. The summed E-state index contributed by atoms with van der Waals surface area (Å²) in [5.74, 6) is -2.01. The van der Waals surface area contributed by atoms with E-state index in [1.54, 1.807) is 84.4 Å². The minimum atomic E-state index is -1.26. The van der Waals surface area contributed by atoms with Crippen LogP contribution in [-0.2, 0) is 60.0 Å². The summed E-state index contributed by atoms with van der Waals surface area (Å²) in [7, 11) is 4.87. The van der Waals surface area contributed by atoms with E-state index in [0.29, 0.717) is 98.9 Å². The number of rotatable bonds is 14. The van der Waals surface area contributed by atoms with Crippen LogP contribution in [0.5, 0.6) is 0 Å². The highest BCUT2D eigenvalue weighted by Gasteiger charge is 2.38. The highest BCUT2D eigenvalue weighted by Crippen LogP contribution is 2.38. The lowest BCUT2D eigenvalue weighted by Crippen LogP contribution is -2.36. The third-order valence-corrected chi connectivity index (χ3v) is 17.9. The molecule has 1 fully saturated rings. The van der Waals surface area contributed by atoms with Gasteiger partial charge in [0.05, 0.1) is 30.8 Å². The fourth-order valence-corrected chi connectivity index (χ4v) is 12.5. The lowest BCUT2D eigenvalue weighted by Gasteiger charge is -2.19. The fraction of sp³-hybridized carbons (Fsp3) is 0.284. The van der Waals surface area contributed by atoms with Crippen LogP contribution in [0.25, 0.3) is 0 Å². The Kier molecular flexibility index (Phi) is 26.9. The molecule has 11 rings (SSSR count). The van der Waals surface area contributed by atoms with Crippen molar-refractivity contribution in [1.82, 2.24) is 43.0 Å². The summed E-state index contributed by atoms with van der Waals surface area (Å²) in [6, 6.07) is 33.7. The number of aromatic nitrogens is 9. The van der Waals surface area contributed by atoms with Crippen molar-refractivity contribution in [3.8, 4) is 0 Å². The van der Waals surface area contributed by atoms with E-state index in [-0.39, 0.29) is 100 Å². The SMILES string of the molecule is Cc1nn(Cc2cc(Cl)ccc2C(=O)C2=C(Cl)CCCC2=O)c(=O)n1C.Cc1nn(Cc2cc(Cl)ccc2C(=O)C2=C(Sc3ccccc3)CCCC2=O)c(=O)n1C.Cc1nn(Cc2cc(Cl)ccc2C(=O)C2C(=O)CCCC2=O)c(=O)n1C.O=C(Cl)Cl.Sc1ccccc1. The minimum Gasteiger partial charge on any atom is -0.298 e. The number of allylic oxidation sites excluding steroid dienone is 4. The molecule has 3 aliphatic rings. The summed E-state index contributed by atoms with van der Waals surface area (Å²) >= 11 is 38.8. The van der Waals surface area contributed by atoms with Crippen LogP contribution in [0.15, 0.2) is 161 Å². The van der Waals surface area contributed by atoms with E-state index >= 15 is 0 Å². The first-order valence-corrected chi connectivity index (χ1v) is 32.9. The summed E-state index contributed by atoms with van der Waals surface area (Å²) in [6.45, 7) is 5.33. The van der Waals surface area contributed by atoms with Crippen LogP contribution in [0.1, 0.15) is 123 Å². The van der Waals surface area contributed by atoms with E-state index in [2.05, 4.69) is 51.1 Å². The predicted molar refractivity (Wildman–Crippen MR) is 369 cm³/mol. The molecule has 95 heavy (non-hydrogen) atoms. The van der Waals surface area contributed by atoms with E-state index in [4.69, 9.17) is 51.2 Å². The molecule has 8 aromatic rings. The normalized spacial score (nSPS) is 14.0. The van der Waals surface area contributed by atoms with Gasteiger partial charge in [-0.3, -0.25) is 52.1 Å². The highest BCUT2D eigenvalue weighted by atomic mass is 35.5. The van der Waals surface area contributed by atoms with Crippen LogP contribution in [0.4, 0.5) is 4.79 Å². The monoisotopic (exact) mass is 1440 g/mol. The second-order valence-corrected chi connectivity index (χ2v) is 26.2. The quantitative estimate of drug-likeness (QED) is 0.0349. The Morgan fingerprint density at radius 2 is 0.842 bits per heavy atom. The minimum absolute atomic E-state index is 0.0250. The third-order valence-electron chi connectivity index (χ3n) is 15.4. The lowest BCUT2D eigenvalue weighted by molar-refractivity contribution is -0.133. The molecule has 0 bridgehead atoms. The van der Waals surface area contributed by atoms with Crippen molar-refractivity contribution in [2.24, 2.45) is 27.1 Å². The van der Waals surface area contributed by atoms with Gasteiger partial charge in [0, 0.05) is 98.3 Å². The topological polar surface area (TPSA) is 256 Å². The molecule has 0 spiro atoms. The molecule has 20 nitrogen and oxygen atoms in total. The van der Waals surface area contributed by atoms with Gasteiger partial charge in [-0.15, -0.1) is 12.6 Å². The standard InChI is InChI=1S/C24H22ClN3O3S.C18H17Cl2N3O3.C18H18ClN3O4.C6H6S.CCl2O/c1-15-26-28(24(31)27(15)2)14-16-13-17(25)11-12-19(16)23(30)22-20(29)9-6-10-21(22)32-18-7-4-3-5-8-18;1-10-21-23(18(26)22(10)2)9-11-8-12(19)6-7-13(11)17(25)16-14(20)4-3-5-15(16)24;1-10-20-22(18(26)21(10)2)9-11-8-12(19)6-7-13(11)17(25)16-14(23)4-3-5-15(16)24;7-6-4-2-1-3-5-6;2-1(3)4/h3-5,7-8,11-13H,6,9-10,14H2,1-2H3;6-8H,3-5,9H2,1-2H3;6-8,16H,3-5,9H2,1-2H3;1-5,7H;. The number of nitrogens with zero attached hydrogens (tertiary/aromatic N) is 9. The van der Waals surface area contributed by atoms with Crippen molar-refractivity contribution in [1.29, 1.82) is 0 Å². The van der Waals surface area contributed by atoms with E-state index in [9.17, 15) is 47.9 Å². The number of thioether (sulfide) groups is 1. The number of carbonyl (C=O) groups excluding carboxylic acids is 8. The van der Waals surface area contributed by atoms with Crippen molar-refractivity contribution in [3.05, 3.63) is 234 Å². The van der Waals surface area contributed by atoms with Crippen LogP contribution < -0.4 is 17.1 Å². The molecule has 0 radical (unpaired) electrons. The zero-order valence-electron chi connectivity index (χ0n) is 52.2. The van der Waals surface area contributed by atoms with E-state index in [1.165, 1.54) is 51.6 Å². The number of hydrogen-bond acceptors (Lipinski definition) is 16. The maximum Gasteiger partial charge on any atom is 0.345 e. The molecule has 3 aromatic heterocycles. The van der Waals surface area contributed by atoms with Gasteiger partial charge >= 0.3 is 21.8 Å². The molecule has 1 saturated carbocycles. The molecule has 0 atom stereocenters. The molecule has 3 heterocycles. The van der Waals surface area contributed by atoms with Crippen LogP contribution in [-0.4, -0.2) is 88.2 Å². The van der Waals surface area contributed by atoms with Gasteiger partial charge in [0.15, 0.2) is 40.5 Å². The van der Waals surface area contributed by atoms with Crippen molar-refractivity contribution in [2.45, 2.75) is 108 Å². The van der Waals surface area contributed by atoms with Gasteiger partial charge in [0.25, 0.3) is 0 Å². The Morgan fingerprint density at radius 3 is 1.22 bits per heavy atom. The van der Waals surface area contributed by atoms with Gasteiger partial charge in [-0.05, 0) is 172 Å². The Morgan fingerprint density at radius 1 is 0.484 bits per heavy atom. The maximum absolute atomic E-state index is 13.6. The number of halogens is 6. The Hall–Kier alpha value is -7.80. The predicted octanol–water partition coefficient (Wildman–Crippen LogP) is 12.9. The van der Waals surface area contributed by atoms with E-state index in [1.807, 2.05) is 60.7 Å². The summed E-state index contributed by atoms with van der Waals surface area (Å²) in [5.41, 5.74) is 1.76. The molecule has 28 heteroatoms. The second-order valence-electron chi connectivity index (χ2n) is 21.9. The van der Waals surface area contributed by atoms with Crippen LogP contribution >= 0.6 is 94.0 Å². The van der Waals surface area contributed by atoms with Crippen molar-refractivity contribution in [3.63, 3.8) is 0 Å². The number of carbonyl (C=O) groups is 8. The summed E-state index contributed by atoms with van der Waals surface area (Å²) in [4.78, 5) is 137. The van der Waals surface area contributed by atoms with E-state index in [0.717, 1.165) is 21.1 Å². The lowest BCUT2D eigenvalue weighted by atomic mass is 9.81. The number of ketones is 7. The Balaban J connectivity index is 0.000000187. The number of Topliss-reactive ketones (excluding diaryl/α,β-unsaturated/α-hetero) is 7. The van der Waals surface area contributed by atoms with Crippen LogP contribution in [0, 0.1) is 26.7 Å². The zero-order chi connectivity index (χ0) is 69.5. The number of aryl methyl sites for hydroxylation is 3. The van der Waals surface area contributed by atoms with Gasteiger partial charge in [-0.25, -0.2) is 28.4 Å². The average molecular weight is 1450 g/mol. The number of hydrogen-bond donors (Lipinski definition) is 1. The van der Waals surface area contributed by atoms with Gasteiger partial charge in [0.1, 0.15) is 23.4 Å².